The van der Waals surface area contributed by atoms with Crippen LogP contribution in [0.5, 0.6) is 0 Å². The summed E-state index contributed by atoms with van der Waals surface area (Å²) in [7, 11) is 0. The van der Waals surface area contributed by atoms with E-state index in [0.29, 0.717) is 18.3 Å². The topological polar surface area (TPSA) is 51.4 Å². The van der Waals surface area contributed by atoms with Crippen LogP contribution in [0.25, 0.3) is 0 Å². The Balaban J connectivity index is 1.95. The second-order valence-corrected chi connectivity index (χ2v) is 4.53. The third-order valence-electron chi connectivity index (χ3n) is 2.43. The van der Waals surface area contributed by atoms with E-state index in [4.69, 9.17) is 9.15 Å². The van der Waals surface area contributed by atoms with Gasteiger partial charge in [-0.2, -0.15) is 0 Å². The van der Waals surface area contributed by atoms with Crippen LogP contribution in [-0.2, 0) is 11.3 Å². The fourth-order valence-corrected chi connectivity index (χ4v) is 1.84. The summed E-state index contributed by atoms with van der Waals surface area (Å²) in [6.45, 7) is 9.29. The molecular weight excluding hydrogens is 194 g/mol. The molecule has 0 saturated carbocycles. The lowest BCUT2D eigenvalue weighted by atomic mass is 10.1. The van der Waals surface area contributed by atoms with E-state index in [1.54, 1.807) is 6.92 Å². The van der Waals surface area contributed by atoms with Gasteiger partial charge in [0.15, 0.2) is 0 Å². The van der Waals surface area contributed by atoms with Gasteiger partial charge in [-0.1, -0.05) is 0 Å². The molecule has 15 heavy (non-hydrogen) atoms. The molecule has 2 heterocycles. The molecule has 0 aliphatic carbocycles. The molecule has 5 heteroatoms. The summed E-state index contributed by atoms with van der Waals surface area (Å²) in [5.41, 5.74) is -0.0761. The Labute approximate surface area is 89.4 Å². The molecule has 5 nitrogen and oxygen atoms in total. The predicted molar refractivity (Wildman–Crippen MR) is 54.3 cm³/mol. The first-order chi connectivity index (χ1) is 7.05. The number of morpholine rings is 1. The zero-order valence-electron chi connectivity index (χ0n) is 9.49. The Morgan fingerprint density at radius 2 is 2.20 bits per heavy atom. The Hall–Kier alpha value is -0.940. The normalized spacial score (nSPS) is 21.8. The number of ether oxygens (including phenoxy) is 1. The summed E-state index contributed by atoms with van der Waals surface area (Å²) in [4.78, 5) is 2.27. The molecule has 0 aromatic carbocycles. The lowest BCUT2D eigenvalue weighted by molar-refractivity contribution is -0.0898. The number of nitrogens with zero attached hydrogens (tertiary/aromatic N) is 3. The van der Waals surface area contributed by atoms with Crippen LogP contribution in [0.15, 0.2) is 4.42 Å². The molecule has 1 aliphatic heterocycles. The van der Waals surface area contributed by atoms with Crippen molar-refractivity contribution in [3.63, 3.8) is 0 Å². The van der Waals surface area contributed by atoms with Crippen LogP contribution in [0.3, 0.4) is 0 Å². The molecule has 2 rings (SSSR count). The van der Waals surface area contributed by atoms with Gasteiger partial charge in [-0.05, 0) is 13.8 Å². The highest BCUT2D eigenvalue weighted by atomic mass is 16.5. The molecule has 0 amide bonds. The molecule has 0 spiro atoms. The summed E-state index contributed by atoms with van der Waals surface area (Å²) in [6.07, 6.45) is 0. The van der Waals surface area contributed by atoms with Crippen LogP contribution in [0.1, 0.15) is 25.6 Å². The van der Waals surface area contributed by atoms with Crippen molar-refractivity contribution < 1.29 is 9.15 Å². The molecule has 0 N–H and O–H groups in total. The summed E-state index contributed by atoms with van der Waals surface area (Å²) in [5.74, 6) is 1.31. The highest BCUT2D eigenvalue weighted by Crippen LogP contribution is 2.17. The number of rotatable bonds is 2. The minimum absolute atomic E-state index is 0.0761. The third-order valence-corrected chi connectivity index (χ3v) is 2.43. The van der Waals surface area contributed by atoms with Crippen molar-refractivity contribution in [3.8, 4) is 0 Å². The van der Waals surface area contributed by atoms with Gasteiger partial charge in [0.1, 0.15) is 0 Å². The van der Waals surface area contributed by atoms with E-state index in [1.165, 1.54) is 0 Å². The Kier molecular flexibility index (Phi) is 2.75. The highest BCUT2D eigenvalue weighted by molar-refractivity contribution is 4.84. The molecule has 0 bridgehead atoms. The molecule has 1 aromatic heterocycles. The zero-order valence-corrected chi connectivity index (χ0v) is 9.49. The van der Waals surface area contributed by atoms with E-state index in [2.05, 4.69) is 28.9 Å². The SMILES string of the molecule is Cc1nnc(CN2CCOC(C)(C)C2)o1. The maximum atomic E-state index is 5.63. The first-order valence-electron chi connectivity index (χ1n) is 5.20. The van der Waals surface area contributed by atoms with Crippen LogP contribution in [0.2, 0.25) is 0 Å². The molecule has 0 atom stereocenters. The fraction of sp³-hybridized carbons (Fsp3) is 0.800. The van der Waals surface area contributed by atoms with Crippen LogP contribution in [0, 0.1) is 6.92 Å². The van der Waals surface area contributed by atoms with Gasteiger partial charge < -0.3 is 9.15 Å². The van der Waals surface area contributed by atoms with Gasteiger partial charge in [0.05, 0.1) is 18.8 Å². The monoisotopic (exact) mass is 211 g/mol. The lowest BCUT2D eigenvalue weighted by Gasteiger charge is -2.37. The fourth-order valence-electron chi connectivity index (χ4n) is 1.84. The van der Waals surface area contributed by atoms with Gasteiger partial charge in [0.25, 0.3) is 0 Å². The van der Waals surface area contributed by atoms with Crippen LogP contribution in [-0.4, -0.2) is 40.4 Å². The Morgan fingerprint density at radius 3 is 2.80 bits per heavy atom. The van der Waals surface area contributed by atoms with E-state index >= 15 is 0 Å². The van der Waals surface area contributed by atoms with E-state index < -0.39 is 0 Å². The van der Waals surface area contributed by atoms with Gasteiger partial charge in [0.2, 0.25) is 11.8 Å². The van der Waals surface area contributed by atoms with Crippen LogP contribution in [0.4, 0.5) is 0 Å². The van der Waals surface area contributed by atoms with Crippen molar-refractivity contribution in [2.75, 3.05) is 19.7 Å². The number of aromatic nitrogens is 2. The quantitative estimate of drug-likeness (QED) is 0.730. The molecule has 84 valence electrons. The molecule has 1 fully saturated rings. The Bertz CT molecular complexity index is 335. The van der Waals surface area contributed by atoms with E-state index in [0.717, 1.165) is 19.7 Å². The maximum absolute atomic E-state index is 5.63. The molecule has 1 saturated heterocycles. The van der Waals surface area contributed by atoms with Crippen molar-refractivity contribution in [3.05, 3.63) is 11.8 Å². The van der Waals surface area contributed by atoms with Gasteiger partial charge in [0, 0.05) is 20.0 Å². The zero-order chi connectivity index (χ0) is 10.9. The minimum Gasteiger partial charge on any atom is -0.424 e. The second-order valence-electron chi connectivity index (χ2n) is 4.53. The van der Waals surface area contributed by atoms with Crippen LogP contribution >= 0.6 is 0 Å². The third kappa shape index (κ3) is 2.76. The minimum atomic E-state index is -0.0761. The number of hydrogen-bond acceptors (Lipinski definition) is 5. The van der Waals surface area contributed by atoms with E-state index in [1.807, 2.05) is 0 Å². The van der Waals surface area contributed by atoms with Crippen LogP contribution < -0.4 is 0 Å². The van der Waals surface area contributed by atoms with Crippen molar-refractivity contribution in [1.29, 1.82) is 0 Å². The van der Waals surface area contributed by atoms with Crippen molar-refractivity contribution in [2.24, 2.45) is 0 Å². The average molecular weight is 211 g/mol. The van der Waals surface area contributed by atoms with Crippen molar-refractivity contribution in [1.82, 2.24) is 15.1 Å². The first kappa shape index (κ1) is 10.6. The Morgan fingerprint density at radius 1 is 1.40 bits per heavy atom. The van der Waals surface area contributed by atoms with Gasteiger partial charge in [-0.25, -0.2) is 0 Å². The van der Waals surface area contributed by atoms with Gasteiger partial charge in [-0.15, -0.1) is 10.2 Å². The van der Waals surface area contributed by atoms with E-state index in [9.17, 15) is 0 Å². The first-order valence-corrected chi connectivity index (χ1v) is 5.20. The largest absolute Gasteiger partial charge is 0.424 e. The summed E-state index contributed by atoms with van der Waals surface area (Å²) < 4.78 is 11.0. The van der Waals surface area contributed by atoms with Crippen molar-refractivity contribution >= 4 is 0 Å². The van der Waals surface area contributed by atoms with Gasteiger partial charge in [-0.3, -0.25) is 4.90 Å². The average Bonchev–Trinajstić information content (AvgIpc) is 2.49. The number of aryl methyl sites for hydroxylation is 1. The smallest absolute Gasteiger partial charge is 0.230 e. The maximum Gasteiger partial charge on any atom is 0.230 e. The molecule has 0 radical (unpaired) electrons. The standard InChI is InChI=1S/C10H17N3O2/c1-8-11-12-9(15-8)6-13-4-5-14-10(2,3)7-13/h4-7H2,1-3H3. The highest BCUT2D eigenvalue weighted by Gasteiger charge is 2.27. The van der Waals surface area contributed by atoms with Crippen molar-refractivity contribution in [2.45, 2.75) is 32.9 Å². The summed E-state index contributed by atoms with van der Waals surface area (Å²) in [5, 5.41) is 7.80. The lowest BCUT2D eigenvalue weighted by Crippen LogP contribution is -2.47. The second kappa shape index (κ2) is 3.90. The summed E-state index contributed by atoms with van der Waals surface area (Å²) >= 11 is 0. The number of hydrogen-bond donors (Lipinski definition) is 0. The van der Waals surface area contributed by atoms with E-state index in [-0.39, 0.29) is 5.60 Å². The molecular formula is C10H17N3O2. The van der Waals surface area contributed by atoms with Gasteiger partial charge >= 0.3 is 0 Å². The molecule has 1 aliphatic rings. The molecule has 0 unspecified atom stereocenters. The predicted octanol–water partition coefficient (Wildman–Crippen LogP) is 0.989. The summed E-state index contributed by atoms with van der Waals surface area (Å²) in [6, 6.07) is 0. The molecule has 1 aromatic rings.